The smallest absolute Gasteiger partial charge is 0.279 e. The Kier molecular flexibility index (Phi) is 3.91. The molecule has 2 aromatic rings. The maximum Gasteiger partial charge on any atom is 0.279 e. The van der Waals surface area contributed by atoms with E-state index in [1.165, 1.54) is 4.68 Å². The van der Waals surface area contributed by atoms with Gasteiger partial charge in [-0.3, -0.25) is 14.6 Å². The van der Waals surface area contributed by atoms with Crippen molar-refractivity contribution in [1.29, 1.82) is 0 Å². The predicted octanol–water partition coefficient (Wildman–Crippen LogP) is 0.336. The highest BCUT2D eigenvalue weighted by Crippen LogP contribution is 2.15. The Balaban J connectivity index is 2.02. The van der Waals surface area contributed by atoms with E-state index in [1.54, 1.807) is 12.3 Å². The Morgan fingerprint density at radius 1 is 1.58 bits per heavy atom. The first-order valence-electron chi connectivity index (χ1n) is 6.07. The SMILES string of the molecule is CC(C)c1cc(NC(=O)c2cn(CCN)nn2)n[nH]1. The second-order valence-corrected chi connectivity index (χ2v) is 4.47. The minimum atomic E-state index is -0.343. The normalized spacial score (nSPS) is 10.9. The van der Waals surface area contributed by atoms with Gasteiger partial charge in [-0.2, -0.15) is 5.10 Å². The average Bonchev–Trinajstić information content (AvgIpc) is 2.98. The van der Waals surface area contributed by atoms with Gasteiger partial charge in [0.25, 0.3) is 5.91 Å². The highest BCUT2D eigenvalue weighted by molar-refractivity contribution is 6.02. The molecule has 0 saturated carbocycles. The van der Waals surface area contributed by atoms with Crippen LogP contribution in [-0.4, -0.2) is 37.6 Å². The maximum atomic E-state index is 11.9. The van der Waals surface area contributed by atoms with Gasteiger partial charge in [0.05, 0.1) is 12.7 Å². The molecule has 0 fully saturated rings. The molecule has 0 saturated heterocycles. The van der Waals surface area contributed by atoms with Crippen LogP contribution >= 0.6 is 0 Å². The van der Waals surface area contributed by atoms with Crippen molar-refractivity contribution in [2.24, 2.45) is 5.73 Å². The number of nitrogens with zero attached hydrogens (tertiary/aromatic N) is 4. The molecule has 0 aliphatic rings. The molecule has 0 aliphatic carbocycles. The van der Waals surface area contributed by atoms with Crippen molar-refractivity contribution in [1.82, 2.24) is 25.2 Å². The van der Waals surface area contributed by atoms with Gasteiger partial charge in [0.2, 0.25) is 0 Å². The molecule has 8 nitrogen and oxygen atoms in total. The largest absolute Gasteiger partial charge is 0.329 e. The van der Waals surface area contributed by atoms with Crippen LogP contribution in [0, 0.1) is 0 Å². The van der Waals surface area contributed by atoms with E-state index in [0.29, 0.717) is 24.8 Å². The van der Waals surface area contributed by atoms with Crippen LogP contribution in [0.4, 0.5) is 5.82 Å². The maximum absolute atomic E-state index is 11.9. The van der Waals surface area contributed by atoms with E-state index in [0.717, 1.165) is 5.69 Å². The lowest BCUT2D eigenvalue weighted by Gasteiger charge is -1.98. The third kappa shape index (κ3) is 3.16. The number of rotatable bonds is 5. The molecule has 1 amide bonds. The molecule has 2 rings (SSSR count). The second kappa shape index (κ2) is 5.61. The van der Waals surface area contributed by atoms with Crippen LogP contribution in [-0.2, 0) is 6.54 Å². The van der Waals surface area contributed by atoms with E-state index in [1.807, 2.05) is 13.8 Å². The molecule has 2 aromatic heterocycles. The van der Waals surface area contributed by atoms with Gasteiger partial charge in [-0.25, -0.2) is 0 Å². The first kappa shape index (κ1) is 13.2. The summed E-state index contributed by atoms with van der Waals surface area (Å²) in [4.78, 5) is 11.9. The summed E-state index contributed by atoms with van der Waals surface area (Å²) in [5.41, 5.74) is 6.60. The number of hydrogen-bond donors (Lipinski definition) is 3. The number of anilines is 1. The van der Waals surface area contributed by atoms with Crippen LogP contribution in [0.5, 0.6) is 0 Å². The number of carbonyl (C=O) groups is 1. The molecule has 2 heterocycles. The van der Waals surface area contributed by atoms with Crippen molar-refractivity contribution < 1.29 is 4.79 Å². The number of nitrogens with one attached hydrogen (secondary N) is 2. The Bertz CT molecular complexity index is 557. The monoisotopic (exact) mass is 263 g/mol. The molecule has 0 bridgehead atoms. The van der Waals surface area contributed by atoms with Gasteiger partial charge in [-0.05, 0) is 5.92 Å². The summed E-state index contributed by atoms with van der Waals surface area (Å²) in [6.07, 6.45) is 1.55. The van der Waals surface area contributed by atoms with Gasteiger partial charge in [0.15, 0.2) is 11.5 Å². The fourth-order valence-corrected chi connectivity index (χ4v) is 1.52. The number of aromatic amines is 1. The van der Waals surface area contributed by atoms with Crippen LogP contribution in [0.15, 0.2) is 12.3 Å². The van der Waals surface area contributed by atoms with Crippen LogP contribution in [0.2, 0.25) is 0 Å². The van der Waals surface area contributed by atoms with Crippen molar-refractivity contribution in [2.75, 3.05) is 11.9 Å². The number of amides is 1. The van der Waals surface area contributed by atoms with Crippen molar-refractivity contribution in [3.05, 3.63) is 23.7 Å². The summed E-state index contributed by atoms with van der Waals surface area (Å²) >= 11 is 0. The highest BCUT2D eigenvalue weighted by atomic mass is 16.2. The minimum Gasteiger partial charge on any atom is -0.329 e. The van der Waals surface area contributed by atoms with E-state index in [9.17, 15) is 4.79 Å². The molecule has 0 unspecified atom stereocenters. The summed E-state index contributed by atoms with van der Waals surface area (Å²) in [7, 11) is 0. The summed E-state index contributed by atoms with van der Waals surface area (Å²) in [5, 5.41) is 17.1. The average molecular weight is 263 g/mol. The van der Waals surface area contributed by atoms with E-state index in [4.69, 9.17) is 5.73 Å². The standard InChI is InChI=1S/C11H17N7O/c1-7(2)8-5-10(16-14-8)13-11(19)9-6-18(4-3-12)17-15-9/h5-7H,3-4,12H2,1-2H3,(H2,13,14,16,19). The molecule has 4 N–H and O–H groups in total. The van der Waals surface area contributed by atoms with Crippen LogP contribution < -0.4 is 11.1 Å². The third-order valence-corrected chi connectivity index (χ3v) is 2.59. The fourth-order valence-electron chi connectivity index (χ4n) is 1.52. The molecule has 19 heavy (non-hydrogen) atoms. The first-order chi connectivity index (χ1) is 9.10. The lowest BCUT2D eigenvalue weighted by atomic mass is 10.1. The van der Waals surface area contributed by atoms with E-state index in [2.05, 4.69) is 25.8 Å². The fraction of sp³-hybridized carbons (Fsp3) is 0.455. The van der Waals surface area contributed by atoms with Crippen LogP contribution in [0.3, 0.4) is 0 Å². The minimum absolute atomic E-state index is 0.238. The molecule has 0 aromatic carbocycles. The summed E-state index contributed by atoms with van der Waals surface area (Å²) in [6, 6.07) is 1.80. The topological polar surface area (TPSA) is 115 Å². The van der Waals surface area contributed by atoms with Crippen LogP contribution in [0.1, 0.15) is 35.9 Å². The Morgan fingerprint density at radius 3 is 3.00 bits per heavy atom. The van der Waals surface area contributed by atoms with Gasteiger partial charge in [-0.15, -0.1) is 5.10 Å². The zero-order valence-electron chi connectivity index (χ0n) is 10.9. The molecule has 102 valence electrons. The van der Waals surface area contributed by atoms with Crippen molar-refractivity contribution in [3.8, 4) is 0 Å². The van der Waals surface area contributed by atoms with Gasteiger partial charge in [0.1, 0.15) is 0 Å². The van der Waals surface area contributed by atoms with Gasteiger partial charge in [-0.1, -0.05) is 19.1 Å². The molecule has 0 spiro atoms. The van der Waals surface area contributed by atoms with Crippen molar-refractivity contribution >= 4 is 11.7 Å². The van der Waals surface area contributed by atoms with Crippen molar-refractivity contribution in [3.63, 3.8) is 0 Å². The lowest BCUT2D eigenvalue weighted by Crippen LogP contribution is -2.13. The molecule has 0 atom stereocenters. The zero-order chi connectivity index (χ0) is 13.8. The lowest BCUT2D eigenvalue weighted by molar-refractivity contribution is 0.102. The molecule has 0 radical (unpaired) electrons. The summed E-state index contributed by atoms with van der Waals surface area (Å²) < 4.78 is 1.53. The zero-order valence-corrected chi connectivity index (χ0v) is 10.9. The Hall–Kier alpha value is -2.22. The number of nitrogens with two attached hydrogens (primary N) is 1. The van der Waals surface area contributed by atoms with Crippen molar-refractivity contribution in [2.45, 2.75) is 26.3 Å². The molecule has 0 aliphatic heterocycles. The quantitative estimate of drug-likeness (QED) is 0.719. The van der Waals surface area contributed by atoms with Gasteiger partial charge in [0, 0.05) is 18.3 Å². The highest BCUT2D eigenvalue weighted by Gasteiger charge is 2.13. The summed E-state index contributed by atoms with van der Waals surface area (Å²) in [5.74, 6) is 0.454. The predicted molar refractivity (Wildman–Crippen MR) is 69.7 cm³/mol. The van der Waals surface area contributed by atoms with E-state index < -0.39 is 0 Å². The Morgan fingerprint density at radius 2 is 2.37 bits per heavy atom. The molecule has 8 heteroatoms. The second-order valence-electron chi connectivity index (χ2n) is 4.47. The number of aromatic nitrogens is 5. The van der Waals surface area contributed by atoms with Gasteiger partial charge < -0.3 is 11.1 Å². The van der Waals surface area contributed by atoms with Gasteiger partial charge >= 0.3 is 0 Å². The van der Waals surface area contributed by atoms with E-state index in [-0.39, 0.29) is 11.6 Å². The third-order valence-electron chi connectivity index (χ3n) is 2.59. The number of carbonyl (C=O) groups excluding carboxylic acids is 1. The first-order valence-corrected chi connectivity index (χ1v) is 6.07. The molecular weight excluding hydrogens is 246 g/mol. The molecular formula is C11H17N7O. The summed E-state index contributed by atoms with van der Waals surface area (Å²) in [6.45, 7) is 5.05. The number of H-pyrrole nitrogens is 1. The van der Waals surface area contributed by atoms with E-state index >= 15 is 0 Å². The number of hydrogen-bond acceptors (Lipinski definition) is 5. The van der Waals surface area contributed by atoms with Crippen LogP contribution in [0.25, 0.3) is 0 Å². The Labute approximate surface area is 110 Å².